The molecule has 23 heavy (non-hydrogen) atoms. The zero-order valence-electron chi connectivity index (χ0n) is 12.0. The molecule has 1 aromatic carbocycles. The summed E-state index contributed by atoms with van der Waals surface area (Å²) in [6.07, 6.45) is 3.32. The van der Waals surface area contributed by atoms with Crippen molar-refractivity contribution in [3.05, 3.63) is 51.5 Å². The van der Waals surface area contributed by atoms with Gasteiger partial charge in [-0.25, -0.2) is 9.37 Å². The Kier molecular flexibility index (Phi) is 4.56. The fraction of sp³-hybridized carbons (Fsp3) is 0.188. The second kappa shape index (κ2) is 6.61. The summed E-state index contributed by atoms with van der Waals surface area (Å²) in [5.41, 5.74) is 0.887. The van der Waals surface area contributed by atoms with E-state index in [9.17, 15) is 14.0 Å². The van der Waals surface area contributed by atoms with Gasteiger partial charge in [-0.2, -0.15) is 0 Å². The highest BCUT2D eigenvalue weighted by Gasteiger charge is 2.29. The van der Waals surface area contributed by atoms with Gasteiger partial charge < -0.3 is 10.6 Å². The van der Waals surface area contributed by atoms with E-state index in [2.05, 4.69) is 15.6 Å². The van der Waals surface area contributed by atoms with Crippen LogP contribution in [0, 0.1) is 15.3 Å². The molecule has 2 N–H and O–H groups in total. The van der Waals surface area contributed by atoms with E-state index in [0.717, 1.165) is 12.8 Å². The summed E-state index contributed by atoms with van der Waals surface area (Å²) in [5.74, 6) is -0.183. The molecule has 0 saturated heterocycles. The number of nitrogens with zero attached hydrogens (tertiary/aromatic N) is 1. The van der Waals surface area contributed by atoms with E-state index in [1.54, 1.807) is 12.1 Å². The number of hydrogen-bond acceptors (Lipinski definition) is 3. The van der Waals surface area contributed by atoms with Gasteiger partial charge in [0.25, 0.3) is 5.91 Å². The van der Waals surface area contributed by atoms with Gasteiger partial charge in [0.05, 0.1) is 17.4 Å². The van der Waals surface area contributed by atoms with Gasteiger partial charge in [-0.15, -0.1) is 0 Å². The van der Waals surface area contributed by atoms with Crippen LogP contribution in [0.5, 0.6) is 0 Å². The number of pyridine rings is 1. The molecule has 3 rings (SSSR count). The normalized spacial score (nSPS) is 13.5. The first-order valence-electron chi connectivity index (χ1n) is 7.06. The molecule has 1 saturated carbocycles. The third-order valence-corrected chi connectivity index (χ3v) is 4.29. The van der Waals surface area contributed by atoms with Gasteiger partial charge in [0.1, 0.15) is 11.6 Å². The summed E-state index contributed by atoms with van der Waals surface area (Å²) in [6.45, 7) is 0. The molecule has 1 aliphatic rings. The highest BCUT2D eigenvalue weighted by Crippen LogP contribution is 2.30. The number of amides is 2. The average Bonchev–Trinajstić information content (AvgIpc) is 3.33. The molecule has 0 spiro atoms. The third kappa shape index (κ3) is 4.04. The van der Waals surface area contributed by atoms with Crippen molar-refractivity contribution in [1.29, 1.82) is 0 Å². The van der Waals surface area contributed by atoms with Gasteiger partial charge in [-0.3, -0.25) is 9.59 Å². The zero-order valence-corrected chi connectivity index (χ0v) is 14.1. The first-order valence-corrected chi connectivity index (χ1v) is 8.14. The van der Waals surface area contributed by atoms with E-state index in [1.165, 1.54) is 24.4 Å². The Bertz CT molecular complexity index is 760. The SMILES string of the molecule is O=C(Nc1ccc(NC(=O)C2CC2)nc1)c1ccc(F)cc1I. The van der Waals surface area contributed by atoms with Gasteiger partial charge in [0.2, 0.25) is 5.91 Å². The van der Waals surface area contributed by atoms with E-state index in [-0.39, 0.29) is 23.5 Å². The lowest BCUT2D eigenvalue weighted by molar-refractivity contribution is -0.117. The predicted molar refractivity (Wildman–Crippen MR) is 92.7 cm³/mol. The van der Waals surface area contributed by atoms with Crippen molar-refractivity contribution < 1.29 is 14.0 Å². The van der Waals surface area contributed by atoms with Crippen molar-refractivity contribution in [2.24, 2.45) is 5.92 Å². The van der Waals surface area contributed by atoms with Gasteiger partial charge in [0, 0.05) is 9.49 Å². The molecule has 0 unspecified atom stereocenters. The Labute approximate surface area is 145 Å². The highest BCUT2D eigenvalue weighted by atomic mass is 127. The molecule has 1 aliphatic carbocycles. The maximum Gasteiger partial charge on any atom is 0.256 e. The number of anilines is 2. The minimum absolute atomic E-state index is 0.0184. The lowest BCUT2D eigenvalue weighted by Crippen LogP contribution is -2.15. The molecule has 0 bridgehead atoms. The maximum atomic E-state index is 13.1. The quantitative estimate of drug-likeness (QED) is 0.738. The monoisotopic (exact) mass is 425 g/mol. The summed E-state index contributed by atoms with van der Waals surface area (Å²) in [4.78, 5) is 27.9. The number of carbonyl (C=O) groups excluding carboxylic acids is 2. The second-order valence-corrected chi connectivity index (χ2v) is 6.44. The zero-order chi connectivity index (χ0) is 16.4. The molecular formula is C16H13FIN3O2. The van der Waals surface area contributed by atoms with E-state index < -0.39 is 0 Å². The van der Waals surface area contributed by atoms with E-state index in [1.807, 2.05) is 22.6 Å². The topological polar surface area (TPSA) is 71.1 Å². The van der Waals surface area contributed by atoms with Crippen LogP contribution in [0.1, 0.15) is 23.2 Å². The molecule has 7 heteroatoms. The van der Waals surface area contributed by atoms with Crippen molar-refractivity contribution >= 4 is 45.9 Å². The van der Waals surface area contributed by atoms with Gasteiger partial charge in [-0.05, 0) is 65.8 Å². The number of carbonyl (C=O) groups is 2. The van der Waals surface area contributed by atoms with E-state index in [4.69, 9.17) is 0 Å². The number of nitrogens with one attached hydrogen (secondary N) is 2. The van der Waals surface area contributed by atoms with Gasteiger partial charge in [0.15, 0.2) is 0 Å². The number of benzene rings is 1. The van der Waals surface area contributed by atoms with Crippen LogP contribution < -0.4 is 10.6 Å². The standard InChI is InChI=1S/C16H13FIN3O2/c17-10-3-5-12(13(18)7-10)16(23)20-11-4-6-14(19-8-11)21-15(22)9-1-2-9/h3-9H,1-2H2,(H,20,23)(H,19,21,22). The Morgan fingerprint density at radius 3 is 2.57 bits per heavy atom. The van der Waals surface area contributed by atoms with Crippen LogP contribution in [0.15, 0.2) is 36.5 Å². The van der Waals surface area contributed by atoms with E-state index in [0.29, 0.717) is 20.6 Å². The minimum Gasteiger partial charge on any atom is -0.321 e. The smallest absolute Gasteiger partial charge is 0.256 e. The highest BCUT2D eigenvalue weighted by molar-refractivity contribution is 14.1. The molecule has 118 valence electrons. The number of aromatic nitrogens is 1. The maximum absolute atomic E-state index is 13.1. The Morgan fingerprint density at radius 1 is 1.17 bits per heavy atom. The summed E-state index contributed by atoms with van der Waals surface area (Å²) in [7, 11) is 0. The minimum atomic E-state index is -0.386. The molecule has 2 aromatic rings. The summed E-state index contributed by atoms with van der Waals surface area (Å²) < 4.78 is 13.6. The molecule has 1 aromatic heterocycles. The summed E-state index contributed by atoms with van der Waals surface area (Å²) in [6, 6.07) is 7.26. The number of halogens is 2. The van der Waals surface area contributed by atoms with E-state index >= 15 is 0 Å². The Balaban J connectivity index is 1.65. The largest absolute Gasteiger partial charge is 0.321 e. The first-order chi connectivity index (χ1) is 11.0. The van der Waals surface area contributed by atoms with Crippen molar-refractivity contribution in [1.82, 2.24) is 4.98 Å². The lowest BCUT2D eigenvalue weighted by Gasteiger charge is -2.08. The molecule has 0 atom stereocenters. The third-order valence-electron chi connectivity index (χ3n) is 3.40. The van der Waals surface area contributed by atoms with Crippen LogP contribution in [-0.4, -0.2) is 16.8 Å². The first kappa shape index (κ1) is 15.9. The van der Waals surface area contributed by atoms with Gasteiger partial charge >= 0.3 is 0 Å². The fourth-order valence-electron chi connectivity index (χ4n) is 1.99. The van der Waals surface area contributed by atoms with Crippen LogP contribution in [0.25, 0.3) is 0 Å². The van der Waals surface area contributed by atoms with Crippen LogP contribution in [0.4, 0.5) is 15.9 Å². The molecule has 5 nitrogen and oxygen atoms in total. The van der Waals surface area contributed by atoms with Crippen LogP contribution >= 0.6 is 22.6 Å². The van der Waals surface area contributed by atoms with Crippen LogP contribution in [0.2, 0.25) is 0 Å². The van der Waals surface area contributed by atoms with Crippen LogP contribution in [0.3, 0.4) is 0 Å². The summed E-state index contributed by atoms with van der Waals surface area (Å²) in [5, 5.41) is 5.42. The summed E-state index contributed by atoms with van der Waals surface area (Å²) >= 11 is 1.91. The van der Waals surface area contributed by atoms with Crippen molar-refractivity contribution in [2.75, 3.05) is 10.6 Å². The predicted octanol–water partition coefficient (Wildman–Crippen LogP) is 3.43. The molecule has 1 fully saturated rings. The van der Waals surface area contributed by atoms with Crippen molar-refractivity contribution in [3.8, 4) is 0 Å². The van der Waals surface area contributed by atoms with Crippen LogP contribution in [-0.2, 0) is 4.79 Å². The average molecular weight is 425 g/mol. The van der Waals surface area contributed by atoms with Crippen molar-refractivity contribution in [2.45, 2.75) is 12.8 Å². The fourth-order valence-corrected chi connectivity index (χ4v) is 2.71. The van der Waals surface area contributed by atoms with Gasteiger partial charge in [-0.1, -0.05) is 0 Å². The number of rotatable bonds is 4. The molecule has 0 radical (unpaired) electrons. The molecular weight excluding hydrogens is 412 g/mol. The Hall–Kier alpha value is -2.03. The number of hydrogen-bond donors (Lipinski definition) is 2. The molecule has 0 aliphatic heterocycles. The second-order valence-electron chi connectivity index (χ2n) is 5.27. The van der Waals surface area contributed by atoms with Crippen molar-refractivity contribution in [3.63, 3.8) is 0 Å². The Morgan fingerprint density at radius 2 is 1.96 bits per heavy atom. The molecule has 1 heterocycles. The molecule has 2 amide bonds. The lowest BCUT2D eigenvalue weighted by atomic mass is 10.2.